The van der Waals surface area contributed by atoms with E-state index in [1.165, 1.54) is 32.4 Å². The lowest BCUT2D eigenvalue weighted by Crippen LogP contribution is -2.27. The molecule has 112 valence electrons. The largest absolute Gasteiger partial charge is 0.481 e. The summed E-state index contributed by atoms with van der Waals surface area (Å²) >= 11 is 0. The molecule has 7 heteroatoms. The quantitative estimate of drug-likeness (QED) is 0.848. The lowest BCUT2D eigenvalue weighted by Gasteiger charge is -2.18. The maximum atomic E-state index is 13.7. The third-order valence-electron chi connectivity index (χ3n) is 2.96. The molecule has 0 saturated carbocycles. The van der Waals surface area contributed by atoms with Crippen molar-refractivity contribution in [3.63, 3.8) is 0 Å². The highest BCUT2D eigenvalue weighted by Crippen LogP contribution is 2.22. The minimum absolute atomic E-state index is 0.0354. The van der Waals surface area contributed by atoms with Crippen LogP contribution < -0.4 is 4.74 Å². The van der Waals surface area contributed by atoms with Crippen molar-refractivity contribution in [2.45, 2.75) is 11.4 Å². The molecule has 2 rings (SSSR count). The number of halogens is 1. The van der Waals surface area contributed by atoms with E-state index in [0.29, 0.717) is 11.4 Å². The Balaban J connectivity index is 2.32. The molecule has 0 atom stereocenters. The molecule has 0 spiro atoms. The van der Waals surface area contributed by atoms with Crippen LogP contribution in [0.2, 0.25) is 0 Å². The van der Waals surface area contributed by atoms with Gasteiger partial charge in [-0.3, -0.25) is 0 Å². The van der Waals surface area contributed by atoms with Crippen molar-refractivity contribution in [1.82, 2.24) is 9.29 Å². The molecular weight excluding hydrogens is 295 g/mol. The van der Waals surface area contributed by atoms with Gasteiger partial charge in [0, 0.05) is 25.4 Å². The summed E-state index contributed by atoms with van der Waals surface area (Å²) in [5.41, 5.74) is 0.599. The van der Waals surface area contributed by atoms with E-state index in [0.717, 1.165) is 10.4 Å². The topological polar surface area (TPSA) is 59.5 Å². The molecule has 0 amide bonds. The summed E-state index contributed by atoms with van der Waals surface area (Å²) in [6, 6.07) is 8.67. The van der Waals surface area contributed by atoms with Gasteiger partial charge >= 0.3 is 0 Å². The zero-order chi connectivity index (χ0) is 15.5. The van der Waals surface area contributed by atoms with Crippen LogP contribution in [-0.2, 0) is 16.6 Å². The van der Waals surface area contributed by atoms with E-state index in [4.69, 9.17) is 4.74 Å². The van der Waals surface area contributed by atoms with Gasteiger partial charge in [-0.05, 0) is 18.2 Å². The van der Waals surface area contributed by atoms with E-state index in [-0.39, 0.29) is 11.4 Å². The minimum atomic E-state index is -3.92. The van der Waals surface area contributed by atoms with E-state index in [1.807, 2.05) is 0 Å². The van der Waals surface area contributed by atoms with Crippen LogP contribution in [0.25, 0.3) is 0 Å². The molecule has 0 aliphatic carbocycles. The summed E-state index contributed by atoms with van der Waals surface area (Å²) in [6.07, 6.45) is 1.55. The van der Waals surface area contributed by atoms with Gasteiger partial charge in [0.15, 0.2) is 0 Å². The van der Waals surface area contributed by atoms with Crippen LogP contribution >= 0.6 is 0 Å². The fraction of sp³-hybridized carbons (Fsp3) is 0.214. The molecule has 5 nitrogen and oxygen atoms in total. The Kier molecular flexibility index (Phi) is 4.54. The number of nitrogens with zero attached hydrogens (tertiary/aromatic N) is 2. The van der Waals surface area contributed by atoms with Crippen LogP contribution in [0.1, 0.15) is 5.56 Å². The van der Waals surface area contributed by atoms with Crippen molar-refractivity contribution in [2.24, 2.45) is 0 Å². The van der Waals surface area contributed by atoms with Gasteiger partial charge in [0.25, 0.3) is 0 Å². The summed E-state index contributed by atoms with van der Waals surface area (Å²) < 4.78 is 44.6. The second-order valence-corrected chi connectivity index (χ2v) is 6.38. The first-order valence-electron chi connectivity index (χ1n) is 6.15. The Hall–Kier alpha value is -1.99. The van der Waals surface area contributed by atoms with Gasteiger partial charge in [0.2, 0.25) is 15.9 Å². The van der Waals surface area contributed by atoms with E-state index >= 15 is 0 Å². The molecule has 0 bridgehead atoms. The Morgan fingerprint density at radius 1 is 1.24 bits per heavy atom. The highest BCUT2D eigenvalue weighted by molar-refractivity contribution is 7.89. The van der Waals surface area contributed by atoms with Gasteiger partial charge in [-0.25, -0.2) is 17.8 Å². The molecule has 0 aliphatic heterocycles. The van der Waals surface area contributed by atoms with Gasteiger partial charge in [-0.1, -0.05) is 18.2 Å². The van der Waals surface area contributed by atoms with Gasteiger partial charge in [-0.15, -0.1) is 0 Å². The molecular formula is C14H15FN2O3S. The molecule has 2 aromatic rings. The smallest absolute Gasteiger partial charge is 0.246 e. The van der Waals surface area contributed by atoms with E-state index < -0.39 is 15.8 Å². The van der Waals surface area contributed by atoms with Gasteiger partial charge in [-0.2, -0.15) is 4.31 Å². The highest BCUT2D eigenvalue weighted by Gasteiger charge is 2.25. The van der Waals surface area contributed by atoms with Crippen LogP contribution in [0.4, 0.5) is 4.39 Å². The lowest BCUT2D eigenvalue weighted by molar-refractivity contribution is 0.382. The molecule has 0 saturated heterocycles. The van der Waals surface area contributed by atoms with E-state index in [9.17, 15) is 12.8 Å². The number of methoxy groups -OCH3 is 1. The van der Waals surface area contributed by atoms with Crippen LogP contribution in [0.15, 0.2) is 47.5 Å². The van der Waals surface area contributed by atoms with Gasteiger partial charge in [0.05, 0.1) is 7.11 Å². The number of ether oxygens (including phenoxy) is 1. The molecule has 21 heavy (non-hydrogen) atoms. The standard InChI is InChI=1S/C14H15FN2O3S/c1-17(10-11-6-5-9-16-14(11)20-2)21(18,19)13-8-4-3-7-12(13)15/h3-9H,10H2,1-2H3. The number of aromatic nitrogens is 1. The first-order valence-corrected chi connectivity index (χ1v) is 7.59. The third-order valence-corrected chi connectivity index (χ3v) is 4.80. The van der Waals surface area contributed by atoms with Crippen LogP contribution in [0.3, 0.4) is 0 Å². The maximum Gasteiger partial charge on any atom is 0.246 e. The zero-order valence-corrected chi connectivity index (χ0v) is 12.5. The fourth-order valence-electron chi connectivity index (χ4n) is 1.87. The number of rotatable bonds is 5. The molecule has 1 aromatic carbocycles. The molecule has 0 fully saturated rings. The number of pyridine rings is 1. The van der Waals surface area contributed by atoms with Gasteiger partial charge in [0.1, 0.15) is 10.7 Å². The minimum Gasteiger partial charge on any atom is -0.481 e. The number of hydrogen-bond acceptors (Lipinski definition) is 4. The van der Waals surface area contributed by atoms with Crippen molar-refractivity contribution >= 4 is 10.0 Å². The summed E-state index contributed by atoms with van der Waals surface area (Å²) in [6.45, 7) is 0.0354. The first-order chi connectivity index (χ1) is 9.96. The monoisotopic (exact) mass is 310 g/mol. The molecule has 0 radical (unpaired) electrons. The van der Waals surface area contributed by atoms with E-state index in [2.05, 4.69) is 4.98 Å². The van der Waals surface area contributed by atoms with Crippen molar-refractivity contribution < 1.29 is 17.5 Å². The third kappa shape index (κ3) is 3.20. The van der Waals surface area contributed by atoms with E-state index in [1.54, 1.807) is 18.3 Å². The summed E-state index contributed by atoms with van der Waals surface area (Å²) in [4.78, 5) is 3.65. The molecule has 0 N–H and O–H groups in total. The van der Waals surface area contributed by atoms with Crippen LogP contribution in [0, 0.1) is 5.82 Å². The summed E-state index contributed by atoms with van der Waals surface area (Å²) in [5, 5.41) is 0. The van der Waals surface area contributed by atoms with Crippen molar-refractivity contribution in [3.8, 4) is 5.88 Å². The molecule has 1 heterocycles. The second-order valence-electron chi connectivity index (χ2n) is 4.36. The zero-order valence-electron chi connectivity index (χ0n) is 11.7. The Morgan fingerprint density at radius 2 is 1.95 bits per heavy atom. The molecule has 0 aliphatic rings. The van der Waals surface area contributed by atoms with Crippen molar-refractivity contribution in [1.29, 1.82) is 0 Å². The maximum absolute atomic E-state index is 13.7. The second kappa shape index (κ2) is 6.19. The lowest BCUT2D eigenvalue weighted by atomic mass is 10.3. The van der Waals surface area contributed by atoms with Crippen LogP contribution in [0.5, 0.6) is 5.88 Å². The number of hydrogen-bond donors (Lipinski definition) is 0. The predicted molar refractivity (Wildman–Crippen MR) is 75.8 cm³/mol. The highest BCUT2D eigenvalue weighted by atomic mass is 32.2. The summed E-state index contributed by atoms with van der Waals surface area (Å²) in [5.74, 6) is -0.435. The SMILES string of the molecule is COc1ncccc1CN(C)S(=O)(=O)c1ccccc1F. The normalized spacial score (nSPS) is 11.6. The Morgan fingerprint density at radius 3 is 2.62 bits per heavy atom. The molecule has 1 aromatic heterocycles. The predicted octanol–water partition coefficient (Wildman–Crippen LogP) is 2.05. The average molecular weight is 310 g/mol. The van der Waals surface area contributed by atoms with Crippen molar-refractivity contribution in [2.75, 3.05) is 14.2 Å². The average Bonchev–Trinajstić information content (AvgIpc) is 2.48. The Labute approximate surface area is 123 Å². The Bertz CT molecular complexity index is 735. The van der Waals surface area contributed by atoms with Gasteiger partial charge < -0.3 is 4.74 Å². The first kappa shape index (κ1) is 15.4. The van der Waals surface area contributed by atoms with Crippen molar-refractivity contribution in [3.05, 3.63) is 54.0 Å². The summed E-state index contributed by atoms with van der Waals surface area (Å²) in [7, 11) is -1.08. The molecule has 0 unspecified atom stereocenters. The number of sulfonamides is 1. The number of benzene rings is 1. The fourth-order valence-corrected chi connectivity index (χ4v) is 3.08. The van der Waals surface area contributed by atoms with Crippen LogP contribution in [-0.4, -0.2) is 31.9 Å².